The first-order valence-corrected chi connectivity index (χ1v) is 12.9. The van der Waals surface area contributed by atoms with Crippen molar-refractivity contribution in [3.8, 4) is 5.75 Å². The average Bonchev–Trinajstić information content (AvgIpc) is 2.88. The molecule has 0 radical (unpaired) electrons. The van der Waals surface area contributed by atoms with Crippen LogP contribution in [0.2, 0.25) is 4.82 Å². The maximum atomic E-state index is 13.5. The van der Waals surface area contributed by atoms with Gasteiger partial charge < -0.3 is 0 Å². The van der Waals surface area contributed by atoms with Crippen LogP contribution in [0.3, 0.4) is 0 Å². The van der Waals surface area contributed by atoms with Gasteiger partial charge in [-0.3, -0.25) is 0 Å². The summed E-state index contributed by atoms with van der Waals surface area (Å²) in [7, 11) is 0. The maximum absolute atomic E-state index is 13.5. The fourth-order valence-corrected chi connectivity index (χ4v) is 5.97. The monoisotopic (exact) mass is 540 g/mol. The van der Waals surface area contributed by atoms with E-state index < -0.39 is 11.7 Å². The third kappa shape index (κ3) is 7.08. The molecule has 178 valence electrons. The first-order valence-electron chi connectivity index (χ1n) is 11.1. The van der Waals surface area contributed by atoms with E-state index in [1.807, 2.05) is 60.7 Å². The molecule has 0 bridgehead atoms. The Morgan fingerprint density at radius 3 is 1.94 bits per heavy atom. The minimum atomic E-state index is -4.38. The van der Waals surface area contributed by atoms with Crippen molar-refractivity contribution in [3.63, 3.8) is 0 Å². The number of Topliss-reactive ketones (excluding diaryl/α,β-unsaturated/α-hetero) is 1. The minimum absolute atomic E-state index is 0.0247. The number of ketones is 1. The molecule has 1 unspecified atom stereocenters. The number of halogens is 3. The van der Waals surface area contributed by atoms with Crippen LogP contribution in [0.5, 0.6) is 5.75 Å². The molecule has 2 nitrogen and oxygen atoms in total. The van der Waals surface area contributed by atoms with Crippen molar-refractivity contribution in [2.45, 2.75) is 24.0 Å². The number of carbonyl (C=O) groups is 1. The predicted octanol–water partition coefficient (Wildman–Crippen LogP) is 6.53. The van der Waals surface area contributed by atoms with Gasteiger partial charge in [-0.15, -0.1) is 0 Å². The Morgan fingerprint density at radius 2 is 1.34 bits per heavy atom. The van der Waals surface area contributed by atoms with E-state index in [1.165, 1.54) is 12.1 Å². The van der Waals surface area contributed by atoms with Crippen LogP contribution >= 0.6 is 0 Å². The number of benzene rings is 4. The Kier molecular flexibility index (Phi) is 8.06. The average molecular weight is 539 g/mol. The number of hydrogen-bond acceptors (Lipinski definition) is 2. The molecule has 4 rings (SSSR count). The Balaban J connectivity index is 1.49. The summed E-state index contributed by atoms with van der Waals surface area (Å²) >= 11 is -0.191. The molecule has 0 aromatic heterocycles. The second-order valence-corrected chi connectivity index (χ2v) is 10.7. The molecule has 0 fully saturated rings. The quantitative estimate of drug-likeness (QED) is 0.179. The standard InChI is InChI=1S/C29H23F3O2Se/c30-29(31,32)24-15-11-21(12-16-24)19-27(35-26-9-5-2-6-10-26)28(33)23-13-17-25(18-14-23)34-20-22-7-3-1-4-8-22/h1-18,27H,19-20H2. The van der Waals surface area contributed by atoms with Crippen molar-refractivity contribution in [2.24, 2.45) is 0 Å². The summed E-state index contributed by atoms with van der Waals surface area (Å²) in [6, 6.07) is 31.7. The van der Waals surface area contributed by atoms with Crippen molar-refractivity contribution in [3.05, 3.63) is 131 Å². The van der Waals surface area contributed by atoms with Gasteiger partial charge in [-0.1, -0.05) is 0 Å². The van der Waals surface area contributed by atoms with Crippen LogP contribution < -0.4 is 9.20 Å². The topological polar surface area (TPSA) is 26.3 Å². The van der Waals surface area contributed by atoms with Crippen LogP contribution in [0.1, 0.15) is 27.0 Å². The molecule has 0 saturated heterocycles. The third-order valence-corrected chi connectivity index (χ3v) is 7.94. The summed E-state index contributed by atoms with van der Waals surface area (Å²) < 4.78 is 45.7. The summed E-state index contributed by atoms with van der Waals surface area (Å²) in [6.07, 6.45) is -4.01. The van der Waals surface area contributed by atoms with Crippen molar-refractivity contribution in [1.29, 1.82) is 0 Å². The van der Waals surface area contributed by atoms with Gasteiger partial charge >= 0.3 is 209 Å². The van der Waals surface area contributed by atoms with Gasteiger partial charge in [-0.25, -0.2) is 0 Å². The molecule has 0 aliphatic rings. The Hall–Kier alpha value is -3.34. The van der Waals surface area contributed by atoms with E-state index in [4.69, 9.17) is 4.74 Å². The zero-order chi connectivity index (χ0) is 24.7. The molecule has 0 aliphatic carbocycles. The van der Waals surface area contributed by atoms with E-state index >= 15 is 0 Å². The van der Waals surface area contributed by atoms with Crippen molar-refractivity contribution < 1.29 is 22.7 Å². The van der Waals surface area contributed by atoms with E-state index in [9.17, 15) is 18.0 Å². The normalized spacial score (nSPS) is 12.2. The molecule has 0 N–H and O–H groups in total. The van der Waals surface area contributed by atoms with E-state index in [-0.39, 0.29) is 25.6 Å². The Labute approximate surface area is 208 Å². The SMILES string of the molecule is O=C(c1ccc(OCc2ccccc2)cc1)C(Cc1ccc(C(F)(F)F)cc1)[Se]c1ccccc1. The molecule has 0 amide bonds. The van der Waals surface area contributed by atoms with Crippen molar-refractivity contribution in [1.82, 2.24) is 0 Å². The summed E-state index contributed by atoms with van der Waals surface area (Å²) in [6.45, 7) is 0.432. The predicted molar refractivity (Wildman–Crippen MR) is 132 cm³/mol. The molecule has 6 heteroatoms. The van der Waals surface area contributed by atoms with Gasteiger partial charge in [0.2, 0.25) is 0 Å². The summed E-state index contributed by atoms with van der Waals surface area (Å²) in [4.78, 5) is 13.1. The van der Waals surface area contributed by atoms with E-state index in [0.717, 1.165) is 22.2 Å². The number of hydrogen-bond donors (Lipinski definition) is 0. The zero-order valence-electron chi connectivity index (χ0n) is 18.7. The molecule has 0 aliphatic heterocycles. The molecule has 0 saturated carbocycles. The number of alkyl halides is 3. The molecular weight excluding hydrogens is 516 g/mol. The van der Waals surface area contributed by atoms with E-state index in [1.54, 1.807) is 24.3 Å². The van der Waals surface area contributed by atoms with E-state index in [0.29, 0.717) is 29.9 Å². The van der Waals surface area contributed by atoms with Crippen LogP contribution in [-0.2, 0) is 19.2 Å². The van der Waals surface area contributed by atoms with Crippen molar-refractivity contribution >= 4 is 25.2 Å². The van der Waals surface area contributed by atoms with Crippen LogP contribution in [-0.4, -0.2) is 20.7 Å². The first-order chi connectivity index (χ1) is 16.9. The molecular formula is C29H23F3O2Se. The van der Waals surface area contributed by atoms with E-state index in [2.05, 4.69) is 0 Å². The van der Waals surface area contributed by atoms with Gasteiger partial charge in [0.1, 0.15) is 0 Å². The molecule has 0 spiro atoms. The van der Waals surface area contributed by atoms with Crippen LogP contribution in [0.25, 0.3) is 0 Å². The van der Waals surface area contributed by atoms with Gasteiger partial charge in [0, 0.05) is 0 Å². The molecule has 4 aromatic rings. The third-order valence-electron chi connectivity index (χ3n) is 5.40. The summed E-state index contributed by atoms with van der Waals surface area (Å²) in [5.41, 5.74) is 1.63. The number of carbonyl (C=O) groups excluding carboxylic acids is 1. The van der Waals surface area contributed by atoms with Crippen LogP contribution in [0.15, 0.2) is 109 Å². The summed E-state index contributed by atoms with van der Waals surface area (Å²) in [5, 5.41) is 0. The van der Waals surface area contributed by atoms with Gasteiger partial charge in [0.05, 0.1) is 0 Å². The number of ether oxygens (including phenoxy) is 1. The van der Waals surface area contributed by atoms with Gasteiger partial charge in [0.25, 0.3) is 0 Å². The fourth-order valence-electron chi connectivity index (χ4n) is 3.54. The van der Waals surface area contributed by atoms with Gasteiger partial charge in [0.15, 0.2) is 0 Å². The molecule has 0 heterocycles. The Morgan fingerprint density at radius 1 is 0.743 bits per heavy atom. The van der Waals surface area contributed by atoms with Gasteiger partial charge in [-0.05, 0) is 0 Å². The zero-order valence-corrected chi connectivity index (χ0v) is 20.5. The van der Waals surface area contributed by atoms with Crippen LogP contribution in [0.4, 0.5) is 13.2 Å². The molecule has 1 atom stereocenters. The van der Waals surface area contributed by atoms with Gasteiger partial charge in [-0.2, -0.15) is 0 Å². The second-order valence-electron chi connectivity index (χ2n) is 7.98. The summed E-state index contributed by atoms with van der Waals surface area (Å²) in [5.74, 6) is 0.640. The number of rotatable bonds is 9. The fraction of sp³-hybridized carbons (Fsp3) is 0.138. The molecule has 35 heavy (non-hydrogen) atoms. The Bertz CT molecular complexity index is 1220. The molecule has 4 aromatic carbocycles. The second kappa shape index (κ2) is 11.4. The first kappa shape index (κ1) is 24.8. The van der Waals surface area contributed by atoms with Crippen molar-refractivity contribution in [2.75, 3.05) is 0 Å². The van der Waals surface area contributed by atoms with Crippen LogP contribution in [0, 0.1) is 0 Å².